The quantitative estimate of drug-likeness (QED) is 0.456. The molecule has 0 bridgehead atoms. The maximum atomic E-state index is 13.8. The molecule has 1 aliphatic carbocycles. The van der Waals surface area contributed by atoms with Gasteiger partial charge in [0.1, 0.15) is 6.61 Å². The number of nitrogens with one attached hydrogen (secondary N) is 2. The molecule has 2 aromatic rings. The van der Waals surface area contributed by atoms with Crippen LogP contribution in [-0.4, -0.2) is 61.2 Å². The summed E-state index contributed by atoms with van der Waals surface area (Å²) in [4.78, 5) is 40.3. The second-order valence-electron chi connectivity index (χ2n) is 7.90. The van der Waals surface area contributed by atoms with E-state index < -0.39 is 48.3 Å². The zero-order chi connectivity index (χ0) is 25.8. The number of halogens is 3. The first kappa shape index (κ1) is 26.0. The van der Waals surface area contributed by atoms with Crippen molar-refractivity contribution in [2.75, 3.05) is 20.3 Å². The second kappa shape index (κ2) is 10.3. The Kier molecular flexibility index (Phi) is 7.66. The van der Waals surface area contributed by atoms with Gasteiger partial charge < -0.3 is 14.6 Å². The summed E-state index contributed by atoms with van der Waals surface area (Å²) in [5.41, 5.74) is 1.51. The first-order chi connectivity index (χ1) is 16.5. The number of carboxylic acid groups (broad SMARTS) is 1. The first-order valence-corrected chi connectivity index (χ1v) is 10.4. The number of alkyl halides is 3. The minimum Gasteiger partial charge on any atom is -0.479 e. The average Bonchev–Trinajstić information content (AvgIpc) is 3.13. The number of fused-ring (bicyclic) bond motifs is 3. The smallest absolute Gasteiger partial charge is 0.420 e. The number of methoxy groups -OCH3 is 1. The standard InChI is InChI=1S/C23H23F3N2O7/c1-22(23(24,25)26,20(31)28-35-18(12-33-2)19(29)30)27-21(32)34-11-17-15-9-5-3-7-13(15)14-8-4-6-10-16(14)17/h3-10,17-18H,11-12H2,1-2H3,(H,27,32)(H,28,31)(H,29,30). The lowest BCUT2D eigenvalue weighted by atomic mass is 9.98. The van der Waals surface area contributed by atoms with Crippen molar-refractivity contribution in [2.24, 2.45) is 0 Å². The number of amides is 2. The third-order valence-electron chi connectivity index (χ3n) is 5.60. The van der Waals surface area contributed by atoms with Crippen molar-refractivity contribution < 1.29 is 47.0 Å². The van der Waals surface area contributed by atoms with Crippen LogP contribution < -0.4 is 10.8 Å². The van der Waals surface area contributed by atoms with Crippen LogP contribution >= 0.6 is 0 Å². The molecule has 3 rings (SSSR count). The van der Waals surface area contributed by atoms with Crippen LogP contribution in [0.1, 0.15) is 24.0 Å². The van der Waals surface area contributed by atoms with Crippen LogP contribution in [0.2, 0.25) is 0 Å². The van der Waals surface area contributed by atoms with Gasteiger partial charge in [0.05, 0.1) is 6.61 Å². The Labute approximate surface area is 198 Å². The van der Waals surface area contributed by atoms with Crippen LogP contribution in [0, 0.1) is 0 Å². The Balaban J connectivity index is 1.70. The molecule has 2 unspecified atom stereocenters. The second-order valence-corrected chi connectivity index (χ2v) is 7.90. The molecule has 188 valence electrons. The first-order valence-electron chi connectivity index (χ1n) is 10.4. The number of aliphatic carboxylic acids is 1. The number of ether oxygens (including phenoxy) is 2. The minimum atomic E-state index is -5.27. The van der Waals surface area contributed by atoms with Crippen LogP contribution in [0.3, 0.4) is 0 Å². The molecule has 0 saturated carbocycles. The Morgan fingerprint density at radius 2 is 1.57 bits per heavy atom. The summed E-state index contributed by atoms with van der Waals surface area (Å²) < 4.78 is 50.9. The molecule has 0 radical (unpaired) electrons. The lowest BCUT2D eigenvalue weighted by Crippen LogP contribution is -2.65. The Bertz CT molecular complexity index is 1060. The largest absolute Gasteiger partial charge is 0.479 e. The lowest BCUT2D eigenvalue weighted by molar-refractivity contribution is -0.203. The molecule has 0 aromatic heterocycles. The fourth-order valence-corrected chi connectivity index (χ4v) is 3.63. The van der Waals surface area contributed by atoms with Gasteiger partial charge in [-0.3, -0.25) is 14.9 Å². The molecule has 1 aliphatic rings. The van der Waals surface area contributed by atoms with Gasteiger partial charge in [-0.2, -0.15) is 13.2 Å². The van der Waals surface area contributed by atoms with E-state index in [1.165, 1.54) is 10.8 Å². The molecule has 0 aliphatic heterocycles. The third-order valence-corrected chi connectivity index (χ3v) is 5.60. The van der Waals surface area contributed by atoms with Gasteiger partial charge in [-0.15, -0.1) is 0 Å². The number of carbonyl (C=O) groups is 3. The van der Waals surface area contributed by atoms with Crippen molar-refractivity contribution >= 4 is 18.0 Å². The molecule has 9 nitrogen and oxygen atoms in total. The van der Waals surface area contributed by atoms with E-state index in [9.17, 15) is 27.6 Å². The highest BCUT2D eigenvalue weighted by atomic mass is 19.4. The summed E-state index contributed by atoms with van der Waals surface area (Å²) >= 11 is 0. The van der Waals surface area contributed by atoms with Gasteiger partial charge in [0.25, 0.3) is 5.91 Å². The number of carboxylic acids is 1. The molecule has 35 heavy (non-hydrogen) atoms. The Morgan fingerprint density at radius 1 is 1.03 bits per heavy atom. The number of hydrogen-bond acceptors (Lipinski definition) is 6. The molecular formula is C23H23F3N2O7. The van der Waals surface area contributed by atoms with E-state index in [2.05, 4.69) is 9.57 Å². The normalized spacial score (nSPS) is 15.3. The molecule has 12 heteroatoms. The SMILES string of the molecule is COCC(ONC(=O)C(C)(NC(=O)OCC1c2ccccc2-c2ccccc21)C(F)(F)F)C(=O)O. The van der Waals surface area contributed by atoms with Crippen LogP contribution in [0.15, 0.2) is 48.5 Å². The number of hydrogen-bond donors (Lipinski definition) is 3. The van der Waals surface area contributed by atoms with Gasteiger partial charge in [0, 0.05) is 13.0 Å². The Hall–Kier alpha value is -3.64. The summed E-state index contributed by atoms with van der Waals surface area (Å²) in [6.07, 6.45) is -8.53. The molecule has 3 N–H and O–H groups in total. The summed E-state index contributed by atoms with van der Waals surface area (Å²) in [6.45, 7) is -0.418. The highest BCUT2D eigenvalue weighted by Gasteiger charge is 2.59. The number of carbonyl (C=O) groups excluding carboxylic acids is 2. The van der Waals surface area contributed by atoms with Gasteiger partial charge in [0.15, 0.2) is 0 Å². The molecule has 0 saturated heterocycles. The fourth-order valence-electron chi connectivity index (χ4n) is 3.63. The van der Waals surface area contributed by atoms with E-state index in [1.54, 1.807) is 12.1 Å². The van der Waals surface area contributed by atoms with Crippen LogP contribution in [0.5, 0.6) is 0 Å². The summed E-state index contributed by atoms with van der Waals surface area (Å²) in [7, 11) is 1.14. The van der Waals surface area contributed by atoms with E-state index >= 15 is 0 Å². The number of benzene rings is 2. The van der Waals surface area contributed by atoms with Gasteiger partial charge >= 0.3 is 18.2 Å². The average molecular weight is 496 g/mol. The maximum Gasteiger partial charge on any atom is 0.420 e. The maximum absolute atomic E-state index is 13.8. The van der Waals surface area contributed by atoms with Gasteiger partial charge in [-0.1, -0.05) is 48.5 Å². The van der Waals surface area contributed by atoms with E-state index in [4.69, 9.17) is 9.84 Å². The zero-order valence-corrected chi connectivity index (χ0v) is 18.7. The molecule has 0 fully saturated rings. The molecule has 2 atom stereocenters. The van der Waals surface area contributed by atoms with Crippen molar-refractivity contribution in [1.82, 2.24) is 10.8 Å². The van der Waals surface area contributed by atoms with E-state index in [1.807, 2.05) is 36.4 Å². The molecule has 0 heterocycles. The number of alkyl carbamates (subject to hydrolysis) is 1. The highest BCUT2D eigenvalue weighted by Crippen LogP contribution is 2.44. The van der Waals surface area contributed by atoms with Crippen LogP contribution in [0.4, 0.5) is 18.0 Å². The van der Waals surface area contributed by atoms with E-state index in [-0.39, 0.29) is 6.61 Å². The summed E-state index contributed by atoms with van der Waals surface area (Å²) in [6, 6.07) is 14.8. The van der Waals surface area contributed by atoms with Gasteiger partial charge in [-0.25, -0.2) is 15.1 Å². The third kappa shape index (κ3) is 5.38. The lowest BCUT2D eigenvalue weighted by Gasteiger charge is -2.31. The predicted octanol–water partition coefficient (Wildman–Crippen LogP) is 2.99. The minimum absolute atomic E-state index is 0.277. The predicted molar refractivity (Wildman–Crippen MR) is 115 cm³/mol. The molecule has 0 spiro atoms. The summed E-state index contributed by atoms with van der Waals surface area (Å²) in [5, 5.41) is 10.5. The van der Waals surface area contributed by atoms with Gasteiger partial charge in [0.2, 0.25) is 11.6 Å². The fraction of sp³-hybridized carbons (Fsp3) is 0.348. The van der Waals surface area contributed by atoms with Crippen molar-refractivity contribution in [2.45, 2.75) is 30.7 Å². The van der Waals surface area contributed by atoms with Crippen LogP contribution in [0.25, 0.3) is 11.1 Å². The van der Waals surface area contributed by atoms with Crippen LogP contribution in [-0.2, 0) is 23.9 Å². The van der Waals surface area contributed by atoms with Crippen molar-refractivity contribution in [3.8, 4) is 11.1 Å². The van der Waals surface area contributed by atoms with E-state index in [0.717, 1.165) is 29.4 Å². The van der Waals surface area contributed by atoms with Crippen molar-refractivity contribution in [1.29, 1.82) is 0 Å². The van der Waals surface area contributed by atoms with E-state index in [0.29, 0.717) is 6.92 Å². The molecule has 2 aromatic carbocycles. The van der Waals surface area contributed by atoms with Crippen molar-refractivity contribution in [3.63, 3.8) is 0 Å². The van der Waals surface area contributed by atoms with Crippen molar-refractivity contribution in [3.05, 3.63) is 59.7 Å². The number of hydroxylamine groups is 1. The highest BCUT2D eigenvalue weighted by molar-refractivity contribution is 5.90. The van der Waals surface area contributed by atoms with Gasteiger partial charge in [-0.05, 0) is 29.2 Å². The molecule has 2 amide bonds. The monoisotopic (exact) mass is 496 g/mol. The molecular weight excluding hydrogens is 473 g/mol. The Morgan fingerprint density at radius 3 is 2.06 bits per heavy atom. The summed E-state index contributed by atoms with van der Waals surface area (Å²) in [5.74, 6) is -3.83. The topological polar surface area (TPSA) is 123 Å². The zero-order valence-electron chi connectivity index (χ0n) is 18.7. The number of rotatable bonds is 9.